The minimum absolute atomic E-state index is 0.000922. The van der Waals surface area contributed by atoms with Crippen LogP contribution in [0.5, 0.6) is 0 Å². The van der Waals surface area contributed by atoms with Crippen LogP contribution >= 0.6 is 0 Å². The number of allylic oxidation sites excluding steroid dienone is 1. The van der Waals surface area contributed by atoms with Gasteiger partial charge in [0.15, 0.2) is 0 Å². The molecule has 0 aromatic rings. The highest BCUT2D eigenvalue weighted by Crippen LogP contribution is 2.57. The molecule has 6 fully saturated rings. The molecule has 18 unspecified atom stereocenters. The van der Waals surface area contributed by atoms with Crippen LogP contribution in [0.25, 0.3) is 0 Å². The van der Waals surface area contributed by atoms with Crippen LogP contribution < -0.4 is 22.1 Å². The highest BCUT2D eigenvalue weighted by Gasteiger charge is 2.65. The van der Waals surface area contributed by atoms with Gasteiger partial charge in [0.05, 0.1) is 67.6 Å². The van der Waals surface area contributed by atoms with Crippen molar-refractivity contribution >= 4 is 11.8 Å². The van der Waals surface area contributed by atoms with Gasteiger partial charge >= 0.3 is 5.97 Å². The van der Waals surface area contributed by atoms with E-state index in [4.69, 9.17) is 25.7 Å². The summed E-state index contributed by atoms with van der Waals surface area (Å²) in [5.41, 5.74) is 12.0. The molecule has 5 heterocycles. The van der Waals surface area contributed by atoms with Gasteiger partial charge in [-0.15, -0.1) is 5.92 Å². The second-order valence-electron chi connectivity index (χ2n) is 18.1. The average molecular weight is 771 g/mol. The van der Waals surface area contributed by atoms with E-state index in [2.05, 4.69) is 22.5 Å². The van der Waals surface area contributed by atoms with Crippen molar-refractivity contribution in [3.8, 4) is 11.8 Å². The molecule has 0 amide bonds. The Bertz CT molecular complexity index is 1460. The van der Waals surface area contributed by atoms with Crippen LogP contribution in [0.15, 0.2) is 11.6 Å². The zero-order chi connectivity index (χ0) is 39.0. The fourth-order valence-electron chi connectivity index (χ4n) is 12.0. The van der Waals surface area contributed by atoms with Gasteiger partial charge in [-0.3, -0.25) is 4.79 Å². The van der Waals surface area contributed by atoms with Crippen molar-refractivity contribution in [3.63, 3.8) is 0 Å². The molecule has 308 valence electrons. The molecule has 13 nitrogen and oxygen atoms in total. The molecule has 13 heteroatoms. The van der Waals surface area contributed by atoms with E-state index in [1.54, 1.807) is 13.0 Å². The van der Waals surface area contributed by atoms with E-state index in [1.165, 1.54) is 0 Å². The lowest BCUT2D eigenvalue weighted by atomic mass is 9.53. The third-order valence-corrected chi connectivity index (χ3v) is 14.9. The Hall–Kier alpha value is -1.96. The minimum atomic E-state index is -1.13. The van der Waals surface area contributed by atoms with Gasteiger partial charge in [-0.05, 0) is 108 Å². The van der Waals surface area contributed by atoms with Crippen LogP contribution in [0.2, 0.25) is 0 Å². The Morgan fingerprint density at radius 1 is 1.02 bits per heavy atom. The minimum Gasteiger partial charge on any atom is -0.456 e. The number of aliphatic hydroxyl groups is 4. The van der Waals surface area contributed by atoms with Gasteiger partial charge in [0.1, 0.15) is 17.5 Å². The molecule has 55 heavy (non-hydrogen) atoms. The smallest absolute Gasteiger partial charge is 0.336 e. The molecule has 7 aliphatic rings. The number of fused-ring (bicyclic) bond motifs is 3. The quantitative estimate of drug-likeness (QED) is 0.0987. The van der Waals surface area contributed by atoms with E-state index in [1.807, 2.05) is 6.92 Å². The number of esters is 1. The van der Waals surface area contributed by atoms with Gasteiger partial charge in [0, 0.05) is 36.5 Å². The molecule has 5 aliphatic heterocycles. The zero-order valence-electron chi connectivity index (χ0n) is 32.7. The summed E-state index contributed by atoms with van der Waals surface area (Å²) in [4.78, 5) is 27.8. The van der Waals surface area contributed by atoms with Crippen molar-refractivity contribution < 1.29 is 44.2 Å². The van der Waals surface area contributed by atoms with Crippen LogP contribution in [0.1, 0.15) is 90.9 Å². The molecule has 0 radical (unpaired) electrons. The maximum atomic E-state index is 14.2. The van der Waals surface area contributed by atoms with Crippen molar-refractivity contribution in [3.05, 3.63) is 11.6 Å². The maximum absolute atomic E-state index is 14.2. The first-order valence-corrected chi connectivity index (χ1v) is 21.2. The molecular weight excluding hydrogens is 704 g/mol. The Morgan fingerprint density at radius 2 is 1.84 bits per heavy atom. The first kappa shape index (κ1) is 41.2. The molecular formula is C42H66N4O9. The predicted molar refractivity (Wildman–Crippen MR) is 203 cm³/mol. The summed E-state index contributed by atoms with van der Waals surface area (Å²) >= 11 is 0. The van der Waals surface area contributed by atoms with Crippen molar-refractivity contribution in [1.82, 2.24) is 10.6 Å². The molecule has 0 spiro atoms. The van der Waals surface area contributed by atoms with Crippen molar-refractivity contribution in [2.24, 2.45) is 64.7 Å². The molecule has 18 atom stereocenters. The van der Waals surface area contributed by atoms with E-state index in [9.17, 15) is 30.0 Å². The second-order valence-corrected chi connectivity index (χ2v) is 18.1. The number of piperidine rings is 2. The summed E-state index contributed by atoms with van der Waals surface area (Å²) in [7, 11) is 0. The van der Waals surface area contributed by atoms with Crippen molar-refractivity contribution in [2.45, 2.75) is 145 Å². The first-order valence-electron chi connectivity index (χ1n) is 21.2. The molecule has 4 saturated heterocycles. The van der Waals surface area contributed by atoms with Crippen molar-refractivity contribution in [2.75, 3.05) is 26.3 Å². The number of carbonyl (C=O) groups excluding carboxylic acids is 2. The fourth-order valence-corrected chi connectivity index (χ4v) is 12.0. The highest BCUT2D eigenvalue weighted by atomic mass is 16.6. The van der Waals surface area contributed by atoms with Gasteiger partial charge in [0.2, 0.25) is 0 Å². The molecule has 7 rings (SSSR count). The fraction of sp³-hybridized carbons (Fsp3) is 0.857. The lowest BCUT2D eigenvalue weighted by Crippen LogP contribution is -2.71. The Labute approximate surface area is 326 Å². The summed E-state index contributed by atoms with van der Waals surface area (Å²) in [6.07, 6.45) is 4.87. The number of carbonyl (C=O) groups is 2. The lowest BCUT2D eigenvalue weighted by molar-refractivity contribution is -0.304. The van der Waals surface area contributed by atoms with Gasteiger partial charge in [-0.1, -0.05) is 18.4 Å². The van der Waals surface area contributed by atoms with E-state index in [0.717, 1.165) is 58.0 Å². The first-order chi connectivity index (χ1) is 26.4. The molecule has 0 aromatic heterocycles. The number of Topliss-reactive ketones (excluding diaryl/α,β-unsaturated/α-hetero) is 1. The Balaban J connectivity index is 1.40. The topological polar surface area (TPSA) is 219 Å². The molecule has 2 saturated carbocycles. The number of aliphatic hydroxyl groups excluding tert-OH is 4. The van der Waals surface area contributed by atoms with Gasteiger partial charge < -0.3 is 56.7 Å². The summed E-state index contributed by atoms with van der Waals surface area (Å²) in [5.74, 6) is 4.90. The molecule has 10 N–H and O–H groups in total. The maximum Gasteiger partial charge on any atom is 0.336 e. The number of hydrogen-bond donors (Lipinski definition) is 8. The molecule has 2 bridgehead atoms. The van der Waals surface area contributed by atoms with E-state index < -0.39 is 72.6 Å². The number of ketones is 1. The second kappa shape index (κ2) is 17.5. The summed E-state index contributed by atoms with van der Waals surface area (Å²) < 4.78 is 20.7. The van der Waals surface area contributed by atoms with Crippen LogP contribution in [-0.2, 0) is 23.8 Å². The highest BCUT2D eigenvalue weighted by molar-refractivity contribution is 5.88. The number of nitrogens with two attached hydrogens (primary N) is 2. The molecule has 0 aromatic carbocycles. The summed E-state index contributed by atoms with van der Waals surface area (Å²) in [6, 6.07) is 0. The third-order valence-electron chi connectivity index (χ3n) is 14.9. The summed E-state index contributed by atoms with van der Waals surface area (Å²) in [5, 5.41) is 50.7. The van der Waals surface area contributed by atoms with Crippen LogP contribution in [0.4, 0.5) is 0 Å². The van der Waals surface area contributed by atoms with Crippen LogP contribution in [-0.4, -0.2) is 113 Å². The van der Waals surface area contributed by atoms with E-state index in [0.29, 0.717) is 19.3 Å². The number of hydrogen-bond acceptors (Lipinski definition) is 13. The van der Waals surface area contributed by atoms with Crippen molar-refractivity contribution in [1.29, 1.82) is 0 Å². The standard InChI is InChI=1S/C42H66N4O9/c1-3-23(20-47)41(52)54-32-18-30-38(51)36-31(50)17-28(21-48)53-40(36)37-35(25-12-13-45-34(44)16-25)29(24-6-4-8-27(49)15-24)9-5-7-26(42(32,2)55-39(30)37)14-22-10-11-33(43)46-19-22/h3,22,24-30,32-40,45-49,51H,4,6-8,10-21,43-44H2,1-2H3. The van der Waals surface area contributed by atoms with Gasteiger partial charge in [-0.2, -0.15) is 0 Å². The monoisotopic (exact) mass is 770 g/mol. The van der Waals surface area contributed by atoms with E-state index >= 15 is 0 Å². The van der Waals surface area contributed by atoms with Gasteiger partial charge in [0.25, 0.3) is 0 Å². The predicted octanol–water partition coefficient (Wildman–Crippen LogP) is 1.09. The summed E-state index contributed by atoms with van der Waals surface area (Å²) in [6.45, 7) is 4.39. The number of nitrogens with one attached hydrogen (secondary N) is 2. The Morgan fingerprint density at radius 3 is 2.53 bits per heavy atom. The normalized spacial score (nSPS) is 47.8. The average Bonchev–Trinajstić information content (AvgIpc) is 3.16. The molecule has 2 aliphatic carbocycles. The Kier molecular flexibility index (Phi) is 13.1. The van der Waals surface area contributed by atoms with Gasteiger partial charge in [-0.25, -0.2) is 4.79 Å². The third kappa shape index (κ3) is 8.33. The van der Waals surface area contributed by atoms with Crippen LogP contribution in [0, 0.1) is 65.1 Å². The van der Waals surface area contributed by atoms with Crippen LogP contribution in [0.3, 0.4) is 0 Å². The lowest BCUT2D eigenvalue weighted by Gasteiger charge is -2.62. The number of rotatable bonds is 8. The largest absolute Gasteiger partial charge is 0.456 e. The number of ether oxygens (including phenoxy) is 3. The SMILES string of the molecule is CC=C(CO)C(=O)OC1CC2C(O)C3C(=O)CC(CO)OC3C3C2OC1(C)C(CC1CCC(N)NC1)CC#CC(C1CCCC(O)C1)C3C1CCNC(N)C1. The zero-order valence-corrected chi connectivity index (χ0v) is 32.7. The van der Waals surface area contributed by atoms with E-state index in [-0.39, 0.29) is 78.6 Å².